The average molecular weight is 383 g/mol. The van der Waals surface area contributed by atoms with E-state index < -0.39 is 12.2 Å². The Labute approximate surface area is 162 Å². The molecule has 0 fully saturated rings. The molecule has 0 saturated heterocycles. The van der Waals surface area contributed by atoms with E-state index in [2.05, 4.69) is 10.6 Å². The van der Waals surface area contributed by atoms with Crippen molar-refractivity contribution in [2.45, 2.75) is 13.0 Å². The number of benzene rings is 2. The van der Waals surface area contributed by atoms with Crippen LogP contribution in [0.4, 0.5) is 16.2 Å². The lowest BCUT2D eigenvalue weighted by Gasteiger charge is -2.34. The van der Waals surface area contributed by atoms with E-state index in [9.17, 15) is 14.4 Å². The maximum absolute atomic E-state index is 13.2. The number of hydrogen-bond donors (Lipinski definition) is 2. The maximum atomic E-state index is 13.2. The summed E-state index contributed by atoms with van der Waals surface area (Å²) in [6.45, 7) is 2.03. The third-order valence-electron chi connectivity index (χ3n) is 4.19. The molecule has 0 bridgehead atoms. The topological polar surface area (TPSA) is 97.0 Å². The van der Waals surface area contributed by atoms with Crippen LogP contribution in [0.5, 0.6) is 5.75 Å². The number of carbonyl (C=O) groups is 3. The van der Waals surface area contributed by atoms with Crippen LogP contribution in [0.25, 0.3) is 0 Å². The van der Waals surface area contributed by atoms with Gasteiger partial charge in [0, 0.05) is 18.3 Å². The van der Waals surface area contributed by atoms with Crippen LogP contribution < -0.4 is 20.3 Å². The lowest BCUT2D eigenvalue weighted by Crippen LogP contribution is -2.50. The minimum atomic E-state index is -0.815. The lowest BCUT2D eigenvalue weighted by atomic mass is 10.1. The Hall–Kier alpha value is -3.55. The number of amides is 3. The second kappa shape index (κ2) is 8.43. The van der Waals surface area contributed by atoms with E-state index in [1.807, 2.05) is 0 Å². The van der Waals surface area contributed by atoms with Gasteiger partial charge in [-0.15, -0.1) is 0 Å². The number of para-hydroxylation sites is 2. The van der Waals surface area contributed by atoms with Crippen molar-refractivity contribution < 1.29 is 23.9 Å². The van der Waals surface area contributed by atoms with E-state index in [-0.39, 0.29) is 25.0 Å². The fourth-order valence-electron chi connectivity index (χ4n) is 2.90. The Balaban J connectivity index is 1.88. The molecule has 0 radical (unpaired) electrons. The SMILES string of the molecule is CCOC(=O)Nc1cccc(C(=O)N2C[C@@H](C(=O)NC)Oc3ccccc32)c1. The van der Waals surface area contributed by atoms with Gasteiger partial charge in [0.15, 0.2) is 6.10 Å². The smallest absolute Gasteiger partial charge is 0.411 e. The number of carbonyl (C=O) groups excluding carboxylic acids is 3. The first-order valence-electron chi connectivity index (χ1n) is 8.86. The molecule has 0 spiro atoms. The number of fused-ring (bicyclic) bond motifs is 1. The van der Waals surface area contributed by atoms with Crippen LogP contribution in [0.15, 0.2) is 48.5 Å². The highest BCUT2D eigenvalue weighted by molar-refractivity contribution is 6.08. The van der Waals surface area contributed by atoms with Crippen molar-refractivity contribution in [1.29, 1.82) is 0 Å². The van der Waals surface area contributed by atoms with E-state index in [1.165, 1.54) is 11.9 Å². The molecule has 2 aromatic rings. The van der Waals surface area contributed by atoms with Gasteiger partial charge in [0.1, 0.15) is 5.75 Å². The van der Waals surface area contributed by atoms with Crippen LogP contribution in [0, 0.1) is 0 Å². The van der Waals surface area contributed by atoms with Gasteiger partial charge < -0.3 is 19.7 Å². The first-order chi connectivity index (χ1) is 13.5. The Kier molecular flexibility index (Phi) is 5.78. The Morgan fingerprint density at radius 3 is 2.71 bits per heavy atom. The third kappa shape index (κ3) is 4.06. The van der Waals surface area contributed by atoms with Gasteiger partial charge in [-0.25, -0.2) is 4.79 Å². The molecule has 8 heteroatoms. The van der Waals surface area contributed by atoms with Gasteiger partial charge in [0.05, 0.1) is 18.8 Å². The number of rotatable bonds is 4. The predicted octanol–water partition coefficient (Wildman–Crippen LogP) is 2.41. The number of hydrogen-bond acceptors (Lipinski definition) is 5. The molecule has 1 aliphatic heterocycles. The van der Waals surface area contributed by atoms with Gasteiger partial charge in [-0.1, -0.05) is 18.2 Å². The van der Waals surface area contributed by atoms with Gasteiger partial charge in [-0.3, -0.25) is 14.9 Å². The molecule has 0 unspecified atom stereocenters. The summed E-state index contributed by atoms with van der Waals surface area (Å²) >= 11 is 0. The molecule has 0 saturated carbocycles. The van der Waals surface area contributed by atoms with Crippen molar-refractivity contribution in [2.75, 3.05) is 30.4 Å². The van der Waals surface area contributed by atoms with Crippen LogP contribution >= 0.6 is 0 Å². The second-order valence-corrected chi connectivity index (χ2v) is 6.03. The second-order valence-electron chi connectivity index (χ2n) is 6.03. The molecule has 146 valence electrons. The zero-order valence-corrected chi connectivity index (χ0v) is 15.6. The van der Waals surface area contributed by atoms with E-state index in [0.29, 0.717) is 22.7 Å². The van der Waals surface area contributed by atoms with Crippen LogP contribution in [-0.2, 0) is 9.53 Å². The monoisotopic (exact) mass is 383 g/mol. The lowest BCUT2D eigenvalue weighted by molar-refractivity contribution is -0.127. The van der Waals surface area contributed by atoms with E-state index >= 15 is 0 Å². The van der Waals surface area contributed by atoms with Crippen molar-refractivity contribution in [3.05, 3.63) is 54.1 Å². The van der Waals surface area contributed by atoms with Gasteiger partial charge in [0.2, 0.25) is 0 Å². The Morgan fingerprint density at radius 2 is 1.96 bits per heavy atom. The van der Waals surface area contributed by atoms with E-state index in [1.54, 1.807) is 55.5 Å². The van der Waals surface area contributed by atoms with Crippen molar-refractivity contribution in [2.24, 2.45) is 0 Å². The van der Waals surface area contributed by atoms with Crippen LogP contribution in [0.1, 0.15) is 17.3 Å². The van der Waals surface area contributed by atoms with Crippen LogP contribution in [0.3, 0.4) is 0 Å². The van der Waals surface area contributed by atoms with Crippen molar-refractivity contribution in [3.8, 4) is 5.75 Å². The minimum Gasteiger partial charge on any atom is -0.477 e. The molecule has 28 heavy (non-hydrogen) atoms. The van der Waals surface area contributed by atoms with E-state index in [4.69, 9.17) is 9.47 Å². The summed E-state index contributed by atoms with van der Waals surface area (Å²) in [5, 5.41) is 5.12. The summed E-state index contributed by atoms with van der Waals surface area (Å²) in [4.78, 5) is 38.4. The minimum absolute atomic E-state index is 0.0745. The molecule has 1 atom stereocenters. The fraction of sp³-hybridized carbons (Fsp3) is 0.250. The maximum Gasteiger partial charge on any atom is 0.411 e. The summed E-state index contributed by atoms with van der Waals surface area (Å²) in [5.41, 5.74) is 1.38. The molecular formula is C20H21N3O5. The quantitative estimate of drug-likeness (QED) is 0.845. The molecule has 3 amide bonds. The first kappa shape index (κ1) is 19.2. The number of likely N-dealkylation sites (N-methyl/N-ethyl adjacent to an activating group) is 1. The number of ether oxygens (including phenoxy) is 2. The zero-order chi connectivity index (χ0) is 20.1. The summed E-state index contributed by atoms with van der Waals surface area (Å²) < 4.78 is 10.6. The number of nitrogens with one attached hydrogen (secondary N) is 2. The summed E-state index contributed by atoms with van der Waals surface area (Å²) in [7, 11) is 1.52. The molecule has 0 aromatic heterocycles. The van der Waals surface area contributed by atoms with Gasteiger partial charge in [-0.05, 0) is 37.3 Å². The van der Waals surface area contributed by atoms with Crippen LogP contribution in [0.2, 0.25) is 0 Å². The number of nitrogens with zero attached hydrogens (tertiary/aromatic N) is 1. The average Bonchev–Trinajstić information content (AvgIpc) is 2.72. The summed E-state index contributed by atoms with van der Waals surface area (Å²) in [6.07, 6.45) is -1.41. The highest BCUT2D eigenvalue weighted by Crippen LogP contribution is 2.34. The molecule has 1 aliphatic rings. The Bertz CT molecular complexity index is 899. The van der Waals surface area contributed by atoms with Gasteiger partial charge >= 0.3 is 6.09 Å². The predicted molar refractivity (Wildman–Crippen MR) is 104 cm³/mol. The largest absolute Gasteiger partial charge is 0.477 e. The van der Waals surface area contributed by atoms with Crippen LogP contribution in [-0.4, -0.2) is 44.2 Å². The standard InChI is InChI=1S/C20H21N3O5/c1-3-27-20(26)22-14-8-6-7-13(11-14)19(25)23-12-17(18(24)21-2)28-16-10-5-4-9-15(16)23/h4-11,17H,3,12H2,1-2H3,(H,21,24)(H,22,26)/t17-/m0/s1. The molecule has 0 aliphatic carbocycles. The first-order valence-corrected chi connectivity index (χ1v) is 8.86. The summed E-state index contributed by atoms with van der Waals surface area (Å²) in [6, 6.07) is 13.6. The molecule has 2 N–H and O–H groups in total. The van der Waals surface area contributed by atoms with Crippen molar-refractivity contribution >= 4 is 29.3 Å². The van der Waals surface area contributed by atoms with Gasteiger partial charge in [-0.2, -0.15) is 0 Å². The zero-order valence-electron chi connectivity index (χ0n) is 15.6. The fourth-order valence-corrected chi connectivity index (χ4v) is 2.90. The number of anilines is 2. The molecule has 8 nitrogen and oxygen atoms in total. The molecule has 1 heterocycles. The highest BCUT2D eigenvalue weighted by Gasteiger charge is 2.33. The highest BCUT2D eigenvalue weighted by atomic mass is 16.5. The summed E-state index contributed by atoms with van der Waals surface area (Å²) in [5.74, 6) is -0.168. The molecular weight excluding hydrogens is 362 g/mol. The van der Waals surface area contributed by atoms with Gasteiger partial charge in [0.25, 0.3) is 11.8 Å². The molecule has 2 aromatic carbocycles. The van der Waals surface area contributed by atoms with Crippen molar-refractivity contribution in [3.63, 3.8) is 0 Å². The molecule has 3 rings (SSSR count). The third-order valence-corrected chi connectivity index (χ3v) is 4.19. The Morgan fingerprint density at radius 1 is 1.18 bits per heavy atom. The normalized spacial score (nSPS) is 15.1. The van der Waals surface area contributed by atoms with E-state index in [0.717, 1.165) is 0 Å². The van der Waals surface area contributed by atoms with Crippen molar-refractivity contribution in [1.82, 2.24) is 5.32 Å².